The van der Waals surface area contributed by atoms with Gasteiger partial charge in [-0.15, -0.1) is 5.10 Å². The van der Waals surface area contributed by atoms with E-state index in [1.165, 1.54) is 12.8 Å². The molecule has 2 amide bonds. The predicted octanol–water partition coefficient (Wildman–Crippen LogP) is 1.48. The van der Waals surface area contributed by atoms with Crippen molar-refractivity contribution >= 4 is 17.5 Å². The van der Waals surface area contributed by atoms with E-state index in [9.17, 15) is 9.59 Å². The molecule has 0 radical (unpaired) electrons. The zero-order valence-electron chi connectivity index (χ0n) is 15.4. The smallest absolute Gasteiger partial charge is 0.251 e. The highest BCUT2D eigenvalue weighted by molar-refractivity contribution is 5.97. The van der Waals surface area contributed by atoms with Gasteiger partial charge in [-0.2, -0.15) is 0 Å². The monoisotopic (exact) mass is 368 g/mol. The normalized spacial score (nSPS) is 19.8. The van der Waals surface area contributed by atoms with Crippen molar-refractivity contribution in [1.29, 1.82) is 0 Å². The maximum absolute atomic E-state index is 12.3. The van der Waals surface area contributed by atoms with Crippen LogP contribution in [0.5, 0.6) is 0 Å². The van der Waals surface area contributed by atoms with Crippen LogP contribution in [0.3, 0.4) is 0 Å². The lowest BCUT2D eigenvalue weighted by atomic mass is 10.0. The Kier molecular flexibility index (Phi) is 4.65. The van der Waals surface area contributed by atoms with Gasteiger partial charge in [0.05, 0.1) is 17.9 Å². The Morgan fingerprint density at radius 1 is 1.37 bits per heavy atom. The molecule has 1 atom stereocenters. The number of hydrogen-bond donors (Lipinski definition) is 3. The first-order valence-corrected chi connectivity index (χ1v) is 9.38. The molecule has 2 aliphatic rings. The topological polar surface area (TPSA) is 101 Å². The fourth-order valence-corrected chi connectivity index (χ4v) is 3.58. The van der Waals surface area contributed by atoms with Crippen LogP contribution >= 0.6 is 0 Å². The Balaban J connectivity index is 1.34. The highest BCUT2D eigenvalue weighted by Gasteiger charge is 2.49. The lowest BCUT2D eigenvalue weighted by Crippen LogP contribution is -2.23. The van der Waals surface area contributed by atoms with Crippen molar-refractivity contribution in [3.63, 3.8) is 0 Å². The molecule has 1 unspecified atom stereocenters. The average Bonchev–Trinajstić information content (AvgIpc) is 3.04. The standard InChI is InChI=1S/C19H24N6O2/c1-2-20-18(27)13-4-3-5-14(8-13)22-17(26)11-25-10-16(23-24-25)15-9-19(6-7-19)12-21-15/h3-5,8,10,15,21H,2,6-7,9,11-12H2,1H3,(H,20,27)(H,22,26). The second-order valence-electron chi connectivity index (χ2n) is 7.47. The number of aromatic nitrogens is 3. The molecule has 2 aromatic rings. The Bertz CT molecular complexity index is 857. The van der Waals surface area contributed by atoms with E-state index < -0.39 is 0 Å². The van der Waals surface area contributed by atoms with E-state index in [4.69, 9.17) is 0 Å². The lowest BCUT2D eigenvalue weighted by molar-refractivity contribution is -0.116. The summed E-state index contributed by atoms with van der Waals surface area (Å²) < 4.78 is 1.55. The summed E-state index contributed by atoms with van der Waals surface area (Å²) in [5, 5.41) is 17.4. The van der Waals surface area contributed by atoms with Crippen LogP contribution in [0.25, 0.3) is 0 Å². The third-order valence-electron chi connectivity index (χ3n) is 5.28. The molecule has 27 heavy (non-hydrogen) atoms. The van der Waals surface area contributed by atoms with E-state index in [-0.39, 0.29) is 24.4 Å². The summed E-state index contributed by atoms with van der Waals surface area (Å²) in [5.74, 6) is -0.371. The molecule has 1 aliphatic heterocycles. The van der Waals surface area contributed by atoms with Crippen molar-refractivity contribution in [2.24, 2.45) is 5.41 Å². The number of nitrogens with one attached hydrogen (secondary N) is 3. The second kappa shape index (κ2) is 7.11. The number of benzene rings is 1. The molecule has 1 saturated carbocycles. The predicted molar refractivity (Wildman–Crippen MR) is 100 cm³/mol. The number of hydrogen-bond acceptors (Lipinski definition) is 5. The molecular formula is C19H24N6O2. The van der Waals surface area contributed by atoms with Gasteiger partial charge in [0.2, 0.25) is 5.91 Å². The van der Waals surface area contributed by atoms with E-state index in [2.05, 4.69) is 26.3 Å². The van der Waals surface area contributed by atoms with Gasteiger partial charge < -0.3 is 16.0 Å². The minimum absolute atomic E-state index is 0.0796. The summed E-state index contributed by atoms with van der Waals surface area (Å²) in [6.45, 7) is 3.55. The van der Waals surface area contributed by atoms with Crippen molar-refractivity contribution in [2.45, 2.75) is 38.8 Å². The van der Waals surface area contributed by atoms with Gasteiger partial charge in [-0.3, -0.25) is 9.59 Å². The molecule has 1 aliphatic carbocycles. The Morgan fingerprint density at radius 3 is 2.96 bits per heavy atom. The highest BCUT2D eigenvalue weighted by Crippen LogP contribution is 2.54. The number of nitrogens with zero attached hydrogens (tertiary/aromatic N) is 3. The minimum Gasteiger partial charge on any atom is -0.352 e. The minimum atomic E-state index is -0.211. The van der Waals surface area contributed by atoms with E-state index in [1.807, 2.05) is 13.1 Å². The summed E-state index contributed by atoms with van der Waals surface area (Å²) >= 11 is 0. The maximum atomic E-state index is 12.3. The van der Waals surface area contributed by atoms with Crippen molar-refractivity contribution in [2.75, 3.05) is 18.4 Å². The molecule has 1 spiro atoms. The zero-order chi connectivity index (χ0) is 18.9. The zero-order valence-corrected chi connectivity index (χ0v) is 15.4. The molecule has 1 aromatic carbocycles. The van der Waals surface area contributed by atoms with Gasteiger partial charge in [-0.1, -0.05) is 11.3 Å². The highest BCUT2D eigenvalue weighted by atomic mass is 16.2. The van der Waals surface area contributed by atoms with E-state index in [1.54, 1.807) is 28.9 Å². The third-order valence-corrected chi connectivity index (χ3v) is 5.28. The Hall–Kier alpha value is -2.74. The molecule has 3 N–H and O–H groups in total. The third kappa shape index (κ3) is 4.00. The van der Waals surface area contributed by atoms with Gasteiger partial charge in [-0.05, 0) is 49.8 Å². The molecule has 8 nitrogen and oxygen atoms in total. The largest absolute Gasteiger partial charge is 0.352 e. The lowest BCUT2D eigenvalue weighted by Gasteiger charge is -2.08. The summed E-state index contributed by atoms with van der Waals surface area (Å²) in [7, 11) is 0. The van der Waals surface area contributed by atoms with Gasteiger partial charge in [-0.25, -0.2) is 4.68 Å². The number of amides is 2. The molecule has 8 heteroatoms. The average molecular weight is 368 g/mol. The van der Waals surface area contributed by atoms with Crippen LogP contribution in [0.2, 0.25) is 0 Å². The molecule has 2 heterocycles. The van der Waals surface area contributed by atoms with Crippen LogP contribution in [0.4, 0.5) is 5.69 Å². The first-order chi connectivity index (χ1) is 13.1. The fourth-order valence-electron chi connectivity index (χ4n) is 3.58. The SMILES string of the molecule is CCNC(=O)c1cccc(NC(=O)Cn2cc(C3CC4(CC4)CN3)nn2)c1. The number of anilines is 1. The molecule has 2 fully saturated rings. The Labute approximate surface area is 157 Å². The second-order valence-corrected chi connectivity index (χ2v) is 7.47. The van der Waals surface area contributed by atoms with Crippen molar-refractivity contribution in [3.8, 4) is 0 Å². The van der Waals surface area contributed by atoms with Crippen molar-refractivity contribution < 1.29 is 9.59 Å². The number of carbonyl (C=O) groups is 2. The van der Waals surface area contributed by atoms with Gasteiger partial charge >= 0.3 is 0 Å². The summed E-state index contributed by atoms with van der Waals surface area (Å²) in [6, 6.07) is 7.11. The molecular weight excluding hydrogens is 344 g/mol. The fraction of sp³-hybridized carbons (Fsp3) is 0.474. The number of rotatable bonds is 6. The van der Waals surface area contributed by atoms with Crippen molar-refractivity contribution in [1.82, 2.24) is 25.6 Å². The van der Waals surface area contributed by atoms with Crippen LogP contribution in [0, 0.1) is 5.41 Å². The van der Waals surface area contributed by atoms with Crippen LogP contribution < -0.4 is 16.0 Å². The van der Waals surface area contributed by atoms with Gasteiger partial charge in [0.15, 0.2) is 0 Å². The van der Waals surface area contributed by atoms with Crippen LogP contribution in [-0.4, -0.2) is 39.9 Å². The maximum Gasteiger partial charge on any atom is 0.251 e. The molecule has 1 aromatic heterocycles. The summed E-state index contributed by atoms with van der Waals surface area (Å²) in [5.41, 5.74) is 2.47. The summed E-state index contributed by atoms with van der Waals surface area (Å²) in [6.07, 6.45) is 5.53. The van der Waals surface area contributed by atoms with Crippen LogP contribution in [0.15, 0.2) is 30.5 Å². The van der Waals surface area contributed by atoms with E-state index in [0.29, 0.717) is 23.2 Å². The van der Waals surface area contributed by atoms with E-state index in [0.717, 1.165) is 18.7 Å². The van der Waals surface area contributed by atoms with Gasteiger partial charge in [0.25, 0.3) is 5.91 Å². The first-order valence-electron chi connectivity index (χ1n) is 9.38. The van der Waals surface area contributed by atoms with Crippen LogP contribution in [0.1, 0.15) is 48.3 Å². The van der Waals surface area contributed by atoms with Gasteiger partial charge in [0, 0.05) is 24.3 Å². The van der Waals surface area contributed by atoms with Crippen LogP contribution in [-0.2, 0) is 11.3 Å². The van der Waals surface area contributed by atoms with Gasteiger partial charge in [0.1, 0.15) is 6.54 Å². The molecule has 1 saturated heterocycles. The number of carbonyl (C=O) groups excluding carboxylic acids is 2. The summed E-state index contributed by atoms with van der Waals surface area (Å²) in [4.78, 5) is 24.2. The van der Waals surface area contributed by atoms with E-state index >= 15 is 0 Å². The molecule has 142 valence electrons. The van der Waals surface area contributed by atoms with Crippen molar-refractivity contribution in [3.05, 3.63) is 41.7 Å². The first kappa shape index (κ1) is 17.7. The Morgan fingerprint density at radius 2 is 2.22 bits per heavy atom. The molecule has 0 bridgehead atoms. The molecule has 4 rings (SSSR count). The quantitative estimate of drug-likeness (QED) is 0.717.